The molecule has 2 N–H and O–H groups in total. The number of anilines is 1. The number of likely N-dealkylation sites (tertiary alicyclic amines) is 1. The Labute approximate surface area is 166 Å². The van der Waals surface area contributed by atoms with Gasteiger partial charge in [0.15, 0.2) is 0 Å². The van der Waals surface area contributed by atoms with Gasteiger partial charge in [0.05, 0.1) is 11.0 Å². The summed E-state index contributed by atoms with van der Waals surface area (Å²) in [6, 6.07) is 10.3. The molecule has 1 fully saturated rings. The highest BCUT2D eigenvalue weighted by molar-refractivity contribution is 5.91. The molecular weight excluding hydrogens is 348 g/mol. The number of piperidine rings is 1. The van der Waals surface area contributed by atoms with Crippen LogP contribution >= 0.6 is 0 Å². The van der Waals surface area contributed by atoms with Gasteiger partial charge in [-0.05, 0) is 74.9 Å². The number of rotatable bonds is 2. The third-order valence-corrected chi connectivity index (χ3v) is 5.92. The van der Waals surface area contributed by atoms with Crippen molar-refractivity contribution < 1.29 is 4.79 Å². The number of nitrogens with one attached hydrogen (secondary N) is 2. The van der Waals surface area contributed by atoms with E-state index in [2.05, 4.69) is 36.3 Å². The largest absolute Gasteiger partial charge is 0.342 e. The van der Waals surface area contributed by atoms with Crippen LogP contribution in [0.5, 0.6) is 0 Å². The van der Waals surface area contributed by atoms with Gasteiger partial charge in [-0.2, -0.15) is 0 Å². The number of hydrogen-bond acceptors (Lipinski definition) is 2. The predicted molar refractivity (Wildman–Crippen MR) is 114 cm³/mol. The molecule has 3 aromatic rings. The van der Waals surface area contributed by atoms with Gasteiger partial charge in [-0.15, -0.1) is 0 Å². The van der Waals surface area contributed by atoms with Crippen LogP contribution in [-0.2, 0) is 0 Å². The standard InChI is InChI=1S/C23H28N4O/c1-14-7-5-8-15(2)21(14)26-23(28)27-10-6-9-18(13-27)22-24-19-11-16(3)17(4)12-20(19)25-22/h5,7-8,11-12,18H,6,9-10,13H2,1-4H3,(H,24,25)(H,26,28)/t18-/m0/s1. The number of H-pyrrole nitrogens is 1. The first kappa shape index (κ1) is 18.5. The highest BCUT2D eigenvalue weighted by Gasteiger charge is 2.27. The predicted octanol–water partition coefficient (Wildman–Crippen LogP) is 5.21. The molecule has 2 aromatic carbocycles. The van der Waals surface area contributed by atoms with Crippen molar-refractivity contribution in [3.8, 4) is 0 Å². The van der Waals surface area contributed by atoms with E-state index in [0.717, 1.165) is 53.1 Å². The topological polar surface area (TPSA) is 61.0 Å². The summed E-state index contributed by atoms with van der Waals surface area (Å²) in [6.07, 6.45) is 2.03. The molecule has 1 atom stereocenters. The fourth-order valence-electron chi connectivity index (χ4n) is 4.07. The van der Waals surface area contributed by atoms with E-state index in [0.29, 0.717) is 6.54 Å². The zero-order valence-electron chi connectivity index (χ0n) is 17.1. The second-order valence-electron chi connectivity index (χ2n) is 8.06. The molecule has 2 heterocycles. The van der Waals surface area contributed by atoms with E-state index in [1.165, 1.54) is 11.1 Å². The molecule has 1 aromatic heterocycles. The Balaban J connectivity index is 1.52. The Hall–Kier alpha value is -2.82. The summed E-state index contributed by atoms with van der Waals surface area (Å²) in [5.41, 5.74) is 7.70. The Kier molecular flexibility index (Phi) is 4.84. The molecule has 2 amide bonds. The number of aryl methyl sites for hydroxylation is 4. The molecule has 5 heteroatoms. The zero-order chi connectivity index (χ0) is 19.8. The number of amides is 2. The third kappa shape index (κ3) is 3.49. The lowest BCUT2D eigenvalue weighted by Gasteiger charge is -2.32. The van der Waals surface area contributed by atoms with Gasteiger partial charge in [0.1, 0.15) is 5.82 Å². The van der Waals surface area contributed by atoms with Gasteiger partial charge < -0.3 is 15.2 Å². The molecule has 1 aliphatic heterocycles. The van der Waals surface area contributed by atoms with Gasteiger partial charge in [0, 0.05) is 24.7 Å². The Bertz CT molecular complexity index is 977. The number of imidazole rings is 1. The molecule has 4 rings (SSSR count). The summed E-state index contributed by atoms with van der Waals surface area (Å²) in [5, 5.41) is 3.12. The summed E-state index contributed by atoms with van der Waals surface area (Å²) in [6.45, 7) is 9.76. The summed E-state index contributed by atoms with van der Waals surface area (Å²) < 4.78 is 0. The molecule has 0 unspecified atom stereocenters. The Morgan fingerprint density at radius 3 is 2.57 bits per heavy atom. The van der Waals surface area contributed by atoms with Crippen molar-refractivity contribution in [1.82, 2.24) is 14.9 Å². The van der Waals surface area contributed by atoms with Crippen molar-refractivity contribution in [3.05, 3.63) is 58.4 Å². The van der Waals surface area contributed by atoms with Gasteiger partial charge in [-0.1, -0.05) is 18.2 Å². The van der Waals surface area contributed by atoms with E-state index in [-0.39, 0.29) is 11.9 Å². The van der Waals surface area contributed by atoms with Crippen LogP contribution in [0.25, 0.3) is 11.0 Å². The smallest absolute Gasteiger partial charge is 0.321 e. The van der Waals surface area contributed by atoms with Crippen LogP contribution in [0.2, 0.25) is 0 Å². The van der Waals surface area contributed by atoms with Crippen LogP contribution in [0.15, 0.2) is 30.3 Å². The number of carbonyl (C=O) groups excluding carboxylic acids is 1. The molecule has 1 saturated heterocycles. The highest BCUT2D eigenvalue weighted by atomic mass is 16.2. The van der Waals surface area contributed by atoms with Crippen LogP contribution in [0.4, 0.5) is 10.5 Å². The molecule has 5 nitrogen and oxygen atoms in total. The van der Waals surface area contributed by atoms with E-state index < -0.39 is 0 Å². The quantitative estimate of drug-likeness (QED) is 0.645. The van der Waals surface area contributed by atoms with E-state index >= 15 is 0 Å². The average molecular weight is 377 g/mol. The van der Waals surface area contributed by atoms with Crippen LogP contribution in [0, 0.1) is 27.7 Å². The average Bonchev–Trinajstić information content (AvgIpc) is 3.08. The SMILES string of the molecule is Cc1cc2nc([C@H]3CCCN(C(=O)Nc4c(C)cccc4C)C3)[nH]c2cc1C. The molecule has 28 heavy (non-hydrogen) atoms. The molecule has 0 spiro atoms. The Morgan fingerprint density at radius 2 is 1.82 bits per heavy atom. The zero-order valence-corrected chi connectivity index (χ0v) is 17.1. The first-order valence-corrected chi connectivity index (χ1v) is 10.0. The third-order valence-electron chi connectivity index (χ3n) is 5.92. The maximum atomic E-state index is 12.9. The summed E-state index contributed by atoms with van der Waals surface area (Å²) in [4.78, 5) is 23.1. The lowest BCUT2D eigenvalue weighted by atomic mass is 9.97. The first-order chi connectivity index (χ1) is 13.4. The van der Waals surface area contributed by atoms with Crippen molar-refractivity contribution in [2.75, 3.05) is 18.4 Å². The molecule has 0 radical (unpaired) electrons. The fourth-order valence-corrected chi connectivity index (χ4v) is 4.07. The maximum absolute atomic E-state index is 12.9. The minimum atomic E-state index is -0.0232. The number of aromatic nitrogens is 2. The van der Waals surface area contributed by atoms with Gasteiger partial charge in [0.25, 0.3) is 0 Å². The van der Waals surface area contributed by atoms with Gasteiger partial charge in [-0.25, -0.2) is 9.78 Å². The van der Waals surface area contributed by atoms with Crippen LogP contribution in [0.1, 0.15) is 46.8 Å². The number of benzene rings is 2. The molecule has 146 valence electrons. The van der Waals surface area contributed by atoms with E-state index in [4.69, 9.17) is 4.98 Å². The van der Waals surface area contributed by atoms with Crippen molar-refractivity contribution in [2.24, 2.45) is 0 Å². The second kappa shape index (κ2) is 7.30. The number of para-hydroxylation sites is 1. The Morgan fingerprint density at radius 1 is 1.11 bits per heavy atom. The molecular formula is C23H28N4O. The normalized spacial score (nSPS) is 17.1. The molecule has 0 aliphatic carbocycles. The lowest BCUT2D eigenvalue weighted by molar-refractivity contribution is 0.191. The summed E-state index contributed by atoms with van der Waals surface area (Å²) in [7, 11) is 0. The summed E-state index contributed by atoms with van der Waals surface area (Å²) in [5.74, 6) is 1.23. The highest BCUT2D eigenvalue weighted by Crippen LogP contribution is 2.28. The van der Waals surface area contributed by atoms with E-state index in [1.807, 2.05) is 36.9 Å². The number of aromatic amines is 1. The van der Waals surface area contributed by atoms with Crippen LogP contribution in [0.3, 0.4) is 0 Å². The molecule has 0 bridgehead atoms. The molecule has 0 saturated carbocycles. The fraction of sp³-hybridized carbons (Fsp3) is 0.391. The molecule has 1 aliphatic rings. The lowest BCUT2D eigenvalue weighted by Crippen LogP contribution is -2.42. The summed E-state index contributed by atoms with van der Waals surface area (Å²) >= 11 is 0. The van der Waals surface area contributed by atoms with Gasteiger partial charge in [0.2, 0.25) is 0 Å². The van der Waals surface area contributed by atoms with Crippen molar-refractivity contribution in [3.63, 3.8) is 0 Å². The van der Waals surface area contributed by atoms with Crippen LogP contribution < -0.4 is 5.32 Å². The second-order valence-corrected chi connectivity index (χ2v) is 8.06. The minimum absolute atomic E-state index is 0.0232. The van der Waals surface area contributed by atoms with Gasteiger partial charge in [-0.3, -0.25) is 0 Å². The monoisotopic (exact) mass is 376 g/mol. The van der Waals surface area contributed by atoms with Gasteiger partial charge >= 0.3 is 6.03 Å². The minimum Gasteiger partial charge on any atom is -0.342 e. The first-order valence-electron chi connectivity index (χ1n) is 10.0. The number of urea groups is 1. The number of hydrogen-bond donors (Lipinski definition) is 2. The maximum Gasteiger partial charge on any atom is 0.321 e. The van der Waals surface area contributed by atoms with E-state index in [9.17, 15) is 4.79 Å². The van der Waals surface area contributed by atoms with Crippen molar-refractivity contribution in [2.45, 2.75) is 46.5 Å². The number of nitrogens with zero attached hydrogens (tertiary/aromatic N) is 2. The van der Waals surface area contributed by atoms with E-state index in [1.54, 1.807) is 0 Å². The van der Waals surface area contributed by atoms with Crippen molar-refractivity contribution >= 4 is 22.8 Å². The number of carbonyl (C=O) groups is 1. The van der Waals surface area contributed by atoms with Crippen molar-refractivity contribution in [1.29, 1.82) is 0 Å². The number of fused-ring (bicyclic) bond motifs is 1. The van der Waals surface area contributed by atoms with Crippen LogP contribution in [-0.4, -0.2) is 34.0 Å².